The number of amides is 3. The Morgan fingerprint density at radius 2 is 2.05 bits per heavy atom. The number of nitrogens with zero attached hydrogens (tertiary/aromatic N) is 3. The minimum Gasteiger partial charge on any atom is -0.278 e. The molecule has 0 bridgehead atoms. The van der Waals surface area contributed by atoms with E-state index in [4.69, 9.17) is 0 Å². The molecule has 2 aromatic rings. The summed E-state index contributed by atoms with van der Waals surface area (Å²) in [7, 11) is -3.47. The zero-order valence-corrected chi connectivity index (χ0v) is 12.2. The zero-order chi connectivity index (χ0) is 16.1. The first kappa shape index (κ1) is 14.4. The number of aryl methyl sites for hydroxylation is 1. The molecule has 116 valence electrons. The van der Waals surface area contributed by atoms with E-state index in [9.17, 15) is 21.9 Å². The van der Waals surface area contributed by atoms with Crippen LogP contribution in [0, 0.1) is 0 Å². The van der Waals surface area contributed by atoms with Gasteiger partial charge < -0.3 is 0 Å². The van der Waals surface area contributed by atoms with Crippen LogP contribution in [-0.2, 0) is 22.1 Å². The van der Waals surface area contributed by atoms with Gasteiger partial charge in [-0.1, -0.05) is 6.07 Å². The van der Waals surface area contributed by atoms with E-state index in [-0.39, 0.29) is 24.3 Å². The van der Waals surface area contributed by atoms with Crippen molar-refractivity contribution in [3.05, 3.63) is 18.2 Å². The van der Waals surface area contributed by atoms with Crippen LogP contribution >= 0.6 is 0 Å². The molecule has 0 spiro atoms. The average Bonchev–Trinajstić information content (AvgIpc) is 2.75. The van der Waals surface area contributed by atoms with Crippen molar-refractivity contribution in [1.29, 1.82) is 0 Å². The maximum absolute atomic E-state index is 13.4. The lowest BCUT2D eigenvalue weighted by Gasteiger charge is -2.24. The predicted molar refractivity (Wildman–Crippen MR) is 74.5 cm³/mol. The molecule has 1 aliphatic heterocycles. The van der Waals surface area contributed by atoms with Gasteiger partial charge in [0.1, 0.15) is 4.90 Å². The first-order valence-corrected chi connectivity index (χ1v) is 7.69. The number of carbonyl (C=O) groups is 2. The molecule has 3 rings (SSSR count). The molecular formula is C12H11FN4O4S. The number of benzene rings is 1. The molecule has 0 saturated carbocycles. The molecule has 22 heavy (non-hydrogen) atoms. The van der Waals surface area contributed by atoms with Crippen LogP contribution in [0.1, 0.15) is 6.42 Å². The maximum Gasteiger partial charge on any atom is 0.334 e. The Balaban J connectivity index is 2.21. The summed E-state index contributed by atoms with van der Waals surface area (Å²) in [6.07, 6.45) is 0.102. The summed E-state index contributed by atoms with van der Waals surface area (Å²) >= 11 is 0. The predicted octanol–water partition coefficient (Wildman–Crippen LogP) is 0.678. The number of anilines is 1. The van der Waals surface area contributed by atoms with Crippen LogP contribution in [0.3, 0.4) is 0 Å². The van der Waals surface area contributed by atoms with E-state index < -0.39 is 27.1 Å². The second-order valence-electron chi connectivity index (χ2n) is 4.79. The van der Waals surface area contributed by atoms with Gasteiger partial charge in [0.2, 0.25) is 5.91 Å². The highest BCUT2D eigenvalue weighted by atomic mass is 32.3. The Labute approximate surface area is 124 Å². The van der Waals surface area contributed by atoms with Crippen molar-refractivity contribution >= 4 is 38.9 Å². The monoisotopic (exact) mass is 326 g/mol. The van der Waals surface area contributed by atoms with Crippen molar-refractivity contribution in [3.8, 4) is 0 Å². The molecule has 3 amide bonds. The van der Waals surface area contributed by atoms with Crippen LogP contribution in [0.15, 0.2) is 23.1 Å². The number of urea groups is 1. The third-order valence-corrected chi connectivity index (χ3v) is 4.24. The lowest BCUT2D eigenvalue weighted by atomic mass is 10.2. The summed E-state index contributed by atoms with van der Waals surface area (Å²) in [5.41, 5.74) is 0.0599. The second kappa shape index (κ2) is 4.77. The van der Waals surface area contributed by atoms with Crippen LogP contribution in [0.2, 0.25) is 0 Å². The van der Waals surface area contributed by atoms with Crippen molar-refractivity contribution in [2.45, 2.75) is 11.3 Å². The molecule has 10 heteroatoms. The number of imide groups is 1. The Kier molecular flexibility index (Phi) is 3.13. The van der Waals surface area contributed by atoms with E-state index in [2.05, 4.69) is 10.4 Å². The van der Waals surface area contributed by atoms with E-state index in [1.54, 1.807) is 0 Å². The fraction of sp³-hybridized carbons (Fsp3) is 0.250. The number of para-hydroxylation sites is 1. The summed E-state index contributed by atoms with van der Waals surface area (Å²) in [4.78, 5) is 23.8. The summed E-state index contributed by atoms with van der Waals surface area (Å²) in [5.74, 6) is -0.221. The number of halogens is 1. The summed E-state index contributed by atoms with van der Waals surface area (Å²) < 4.78 is 37.1. The molecule has 1 N–H and O–H groups in total. The van der Waals surface area contributed by atoms with Crippen LogP contribution in [-0.4, -0.2) is 36.7 Å². The molecule has 1 fully saturated rings. The quantitative estimate of drug-likeness (QED) is 0.818. The largest absolute Gasteiger partial charge is 0.334 e. The Morgan fingerprint density at radius 1 is 1.32 bits per heavy atom. The standard InChI is InChI=1S/C12H11FN4O4S/c1-16-10-7(3-2-4-8(10)22(13,20)21)11(15-16)17-6-5-9(18)14-12(17)19/h2-4H,5-6H2,1H3,(H,14,18,19). The molecule has 0 unspecified atom stereocenters. The minimum atomic E-state index is -4.93. The van der Waals surface area contributed by atoms with Crippen LogP contribution in [0.25, 0.3) is 10.9 Å². The topological polar surface area (TPSA) is 101 Å². The first-order chi connectivity index (χ1) is 10.3. The van der Waals surface area contributed by atoms with Gasteiger partial charge in [-0.3, -0.25) is 19.7 Å². The third kappa shape index (κ3) is 2.21. The number of carbonyl (C=O) groups excluding carboxylic acids is 2. The highest BCUT2D eigenvalue weighted by Crippen LogP contribution is 2.31. The van der Waals surface area contributed by atoms with Crippen molar-refractivity contribution < 1.29 is 21.9 Å². The van der Waals surface area contributed by atoms with E-state index in [0.717, 1.165) is 6.07 Å². The van der Waals surface area contributed by atoms with Crippen LogP contribution in [0.4, 0.5) is 14.5 Å². The van der Waals surface area contributed by atoms with Gasteiger partial charge in [0, 0.05) is 25.4 Å². The first-order valence-electron chi connectivity index (χ1n) is 6.31. The van der Waals surface area contributed by atoms with Gasteiger partial charge in [0.25, 0.3) is 0 Å². The zero-order valence-electron chi connectivity index (χ0n) is 11.4. The van der Waals surface area contributed by atoms with E-state index >= 15 is 0 Å². The van der Waals surface area contributed by atoms with Gasteiger partial charge in [-0.15, -0.1) is 3.89 Å². The third-order valence-electron chi connectivity index (χ3n) is 3.38. The molecule has 8 nitrogen and oxygen atoms in total. The van der Waals surface area contributed by atoms with Gasteiger partial charge in [-0.2, -0.15) is 13.5 Å². The summed E-state index contributed by atoms with van der Waals surface area (Å²) in [6.45, 7) is 0.114. The molecular weight excluding hydrogens is 315 g/mol. The lowest BCUT2D eigenvalue weighted by Crippen LogP contribution is -2.49. The molecule has 1 aromatic heterocycles. The lowest BCUT2D eigenvalue weighted by molar-refractivity contribution is -0.120. The Hall–Kier alpha value is -2.49. The van der Waals surface area contributed by atoms with Gasteiger partial charge in [0.15, 0.2) is 5.82 Å². The number of rotatable bonds is 2. The minimum absolute atomic E-state index is 0.0599. The SMILES string of the molecule is Cn1nc(N2CCC(=O)NC2=O)c2cccc(S(=O)(=O)F)c21. The van der Waals surface area contributed by atoms with Gasteiger partial charge in [-0.05, 0) is 12.1 Å². The molecule has 0 aliphatic carbocycles. The molecule has 2 heterocycles. The highest BCUT2D eigenvalue weighted by molar-refractivity contribution is 7.86. The normalized spacial score (nSPS) is 16.2. The highest BCUT2D eigenvalue weighted by Gasteiger charge is 2.29. The van der Waals surface area contributed by atoms with Crippen LogP contribution in [0.5, 0.6) is 0 Å². The fourth-order valence-electron chi connectivity index (χ4n) is 2.44. The van der Waals surface area contributed by atoms with Crippen molar-refractivity contribution in [1.82, 2.24) is 15.1 Å². The maximum atomic E-state index is 13.4. The van der Waals surface area contributed by atoms with Crippen molar-refractivity contribution in [2.24, 2.45) is 7.05 Å². The smallest absolute Gasteiger partial charge is 0.278 e. The van der Waals surface area contributed by atoms with E-state index in [1.807, 2.05) is 0 Å². The Bertz CT molecular complexity index is 905. The second-order valence-corrected chi connectivity index (χ2v) is 6.11. The van der Waals surface area contributed by atoms with Gasteiger partial charge >= 0.3 is 16.3 Å². The van der Waals surface area contributed by atoms with E-state index in [0.29, 0.717) is 5.39 Å². The fourth-order valence-corrected chi connectivity index (χ4v) is 3.16. The number of hydrogen-bond acceptors (Lipinski definition) is 5. The molecule has 1 saturated heterocycles. The van der Waals surface area contributed by atoms with E-state index in [1.165, 1.54) is 28.8 Å². The summed E-state index contributed by atoms with van der Waals surface area (Å²) in [6, 6.07) is 3.39. The number of fused-ring (bicyclic) bond motifs is 1. The number of nitrogens with one attached hydrogen (secondary N) is 1. The Morgan fingerprint density at radius 3 is 2.68 bits per heavy atom. The van der Waals surface area contributed by atoms with Crippen LogP contribution < -0.4 is 10.2 Å². The average molecular weight is 326 g/mol. The molecule has 1 aliphatic rings. The summed E-state index contributed by atoms with van der Waals surface area (Å²) in [5, 5.41) is 6.57. The van der Waals surface area contributed by atoms with Gasteiger partial charge in [-0.25, -0.2) is 4.79 Å². The number of hydrogen-bond donors (Lipinski definition) is 1. The number of aromatic nitrogens is 2. The molecule has 0 radical (unpaired) electrons. The molecule has 1 aromatic carbocycles. The molecule has 0 atom stereocenters. The van der Waals surface area contributed by atoms with Crippen molar-refractivity contribution in [3.63, 3.8) is 0 Å². The van der Waals surface area contributed by atoms with Gasteiger partial charge in [0.05, 0.1) is 5.52 Å². The van der Waals surface area contributed by atoms with Crippen molar-refractivity contribution in [2.75, 3.05) is 11.4 Å².